The number of carbonyl (C=O) groups excluding carboxylic acids is 2. The van der Waals surface area contributed by atoms with E-state index in [2.05, 4.69) is 10.2 Å². The number of ketones is 2. The van der Waals surface area contributed by atoms with Crippen molar-refractivity contribution < 1.29 is 14.7 Å². The first-order valence-corrected chi connectivity index (χ1v) is 8.16. The highest BCUT2D eigenvalue weighted by Crippen LogP contribution is 2.37. The zero-order valence-corrected chi connectivity index (χ0v) is 14.1. The smallest absolute Gasteiger partial charge is 0.196 e. The Morgan fingerprint density at radius 3 is 2.00 bits per heavy atom. The van der Waals surface area contributed by atoms with Crippen molar-refractivity contribution in [2.24, 2.45) is 10.2 Å². The van der Waals surface area contributed by atoms with Crippen LogP contribution in [-0.2, 0) is 0 Å². The third-order valence-electron chi connectivity index (χ3n) is 4.13. The number of benzene rings is 3. The normalized spacial score (nSPS) is 13.0. The lowest BCUT2D eigenvalue weighted by Crippen LogP contribution is -2.21. The number of nitrogens with zero attached hydrogens (tertiary/aromatic N) is 2. The van der Waals surface area contributed by atoms with Crippen LogP contribution in [0.1, 0.15) is 31.8 Å². The average Bonchev–Trinajstić information content (AvgIpc) is 2.66. The molecule has 4 rings (SSSR count). The molecule has 26 heavy (non-hydrogen) atoms. The highest BCUT2D eigenvalue weighted by Gasteiger charge is 2.33. The minimum absolute atomic E-state index is 0.116. The Morgan fingerprint density at radius 2 is 1.35 bits per heavy atom. The second-order valence-corrected chi connectivity index (χ2v) is 6.14. The maximum atomic E-state index is 12.9. The van der Waals surface area contributed by atoms with Crippen molar-refractivity contribution in [3.05, 3.63) is 87.9 Å². The van der Waals surface area contributed by atoms with Crippen molar-refractivity contribution in [3.8, 4) is 5.75 Å². The summed E-state index contributed by atoms with van der Waals surface area (Å²) in [5, 5.41) is 17.7. The number of halogens is 1. The van der Waals surface area contributed by atoms with Gasteiger partial charge in [0.1, 0.15) is 5.75 Å². The molecule has 1 N–H and O–H groups in total. The lowest BCUT2D eigenvalue weighted by molar-refractivity contribution is 0.0979. The zero-order valence-electron chi connectivity index (χ0n) is 13.3. The van der Waals surface area contributed by atoms with E-state index in [0.717, 1.165) is 0 Å². The molecule has 6 heteroatoms. The van der Waals surface area contributed by atoms with Gasteiger partial charge in [-0.3, -0.25) is 9.59 Å². The van der Waals surface area contributed by atoms with E-state index >= 15 is 0 Å². The minimum Gasteiger partial charge on any atom is -0.508 e. The first-order valence-electron chi connectivity index (χ1n) is 7.78. The summed E-state index contributed by atoms with van der Waals surface area (Å²) in [6.45, 7) is 0. The molecule has 0 bridgehead atoms. The SMILES string of the molecule is O=C1c2ccccc2C(=O)c2c(N=Nc3ccc(O)cc3)ccc(Cl)c21. The van der Waals surface area contributed by atoms with E-state index in [1.54, 1.807) is 42.5 Å². The van der Waals surface area contributed by atoms with Gasteiger partial charge in [-0.1, -0.05) is 35.9 Å². The van der Waals surface area contributed by atoms with Crippen LogP contribution in [0.25, 0.3) is 0 Å². The lowest BCUT2D eigenvalue weighted by atomic mass is 9.83. The molecule has 126 valence electrons. The molecule has 3 aromatic rings. The predicted molar refractivity (Wildman–Crippen MR) is 97.0 cm³/mol. The second kappa shape index (κ2) is 6.20. The number of carbonyl (C=O) groups is 2. The molecule has 0 saturated heterocycles. The molecule has 0 aromatic heterocycles. The number of phenols is 1. The van der Waals surface area contributed by atoms with Gasteiger partial charge in [-0.25, -0.2) is 0 Å². The fourth-order valence-electron chi connectivity index (χ4n) is 2.88. The molecule has 1 aliphatic rings. The Hall–Kier alpha value is -3.31. The fraction of sp³-hybridized carbons (Fsp3) is 0. The van der Waals surface area contributed by atoms with Gasteiger partial charge in [0.25, 0.3) is 0 Å². The van der Waals surface area contributed by atoms with Gasteiger partial charge in [-0.2, -0.15) is 5.11 Å². The molecule has 5 nitrogen and oxygen atoms in total. The maximum Gasteiger partial charge on any atom is 0.196 e. The summed E-state index contributed by atoms with van der Waals surface area (Å²) >= 11 is 6.20. The second-order valence-electron chi connectivity index (χ2n) is 5.74. The molecule has 0 heterocycles. The van der Waals surface area contributed by atoms with E-state index in [1.807, 2.05) is 0 Å². The quantitative estimate of drug-likeness (QED) is 0.495. The monoisotopic (exact) mass is 362 g/mol. The molecule has 1 aliphatic carbocycles. The van der Waals surface area contributed by atoms with E-state index in [9.17, 15) is 14.7 Å². The third-order valence-corrected chi connectivity index (χ3v) is 4.44. The van der Waals surface area contributed by atoms with E-state index in [4.69, 9.17) is 11.6 Å². The fourth-order valence-corrected chi connectivity index (χ4v) is 3.12. The van der Waals surface area contributed by atoms with Crippen molar-refractivity contribution >= 4 is 34.5 Å². The van der Waals surface area contributed by atoms with Gasteiger partial charge in [0.15, 0.2) is 11.6 Å². The Balaban J connectivity index is 1.85. The number of hydrogen-bond acceptors (Lipinski definition) is 5. The van der Waals surface area contributed by atoms with Crippen LogP contribution in [0.2, 0.25) is 5.02 Å². The topological polar surface area (TPSA) is 79.1 Å². The zero-order chi connectivity index (χ0) is 18.3. The molecule has 3 aromatic carbocycles. The summed E-state index contributed by atoms with van der Waals surface area (Å²) in [5.74, 6) is -0.496. The van der Waals surface area contributed by atoms with Gasteiger partial charge < -0.3 is 5.11 Å². The van der Waals surface area contributed by atoms with Crippen LogP contribution in [0.4, 0.5) is 11.4 Å². The molecule has 0 saturated carbocycles. The van der Waals surface area contributed by atoms with Gasteiger partial charge in [0.2, 0.25) is 0 Å². The molecule has 0 aliphatic heterocycles. The van der Waals surface area contributed by atoms with Gasteiger partial charge in [-0.05, 0) is 36.4 Å². The van der Waals surface area contributed by atoms with Crippen molar-refractivity contribution in [1.82, 2.24) is 0 Å². The average molecular weight is 363 g/mol. The Labute approximate surface area is 153 Å². The molecular weight excluding hydrogens is 352 g/mol. The van der Waals surface area contributed by atoms with Crippen molar-refractivity contribution in [2.45, 2.75) is 0 Å². The first-order chi connectivity index (χ1) is 12.6. The van der Waals surface area contributed by atoms with Gasteiger partial charge in [-0.15, -0.1) is 5.11 Å². The van der Waals surface area contributed by atoms with E-state index in [-0.39, 0.29) is 39.2 Å². The van der Waals surface area contributed by atoms with Crippen molar-refractivity contribution in [1.29, 1.82) is 0 Å². The summed E-state index contributed by atoms with van der Waals surface area (Å²) in [4.78, 5) is 25.7. The molecule has 0 amide bonds. The number of hydrogen-bond donors (Lipinski definition) is 1. The number of phenolic OH excluding ortho intramolecular Hbond substituents is 1. The molecule has 0 unspecified atom stereocenters. The van der Waals surface area contributed by atoms with Gasteiger partial charge >= 0.3 is 0 Å². The van der Waals surface area contributed by atoms with Crippen LogP contribution in [0, 0.1) is 0 Å². The highest BCUT2D eigenvalue weighted by atomic mass is 35.5. The Bertz CT molecular complexity index is 1090. The number of rotatable bonds is 2. The van der Waals surface area contributed by atoms with Crippen molar-refractivity contribution in [2.75, 3.05) is 0 Å². The molecule has 0 atom stereocenters. The maximum absolute atomic E-state index is 12.9. The van der Waals surface area contributed by atoms with Crippen LogP contribution < -0.4 is 0 Å². The lowest BCUT2D eigenvalue weighted by Gasteiger charge is -2.19. The Kier molecular flexibility index (Phi) is 3.86. The summed E-state index contributed by atoms with van der Waals surface area (Å²) in [7, 11) is 0. The number of aromatic hydroxyl groups is 1. The third kappa shape index (κ3) is 2.59. The molecule has 0 radical (unpaired) electrons. The van der Waals surface area contributed by atoms with Crippen LogP contribution >= 0.6 is 11.6 Å². The highest BCUT2D eigenvalue weighted by molar-refractivity contribution is 6.39. The molecular formula is C20H11ClN2O3. The summed E-state index contributed by atoms with van der Waals surface area (Å²) in [5.41, 5.74) is 1.74. The number of fused-ring (bicyclic) bond motifs is 2. The van der Waals surface area contributed by atoms with E-state index in [1.165, 1.54) is 18.2 Å². The Morgan fingerprint density at radius 1 is 0.731 bits per heavy atom. The largest absolute Gasteiger partial charge is 0.508 e. The van der Waals surface area contributed by atoms with E-state index in [0.29, 0.717) is 16.8 Å². The summed E-state index contributed by atoms with van der Waals surface area (Å²) < 4.78 is 0. The predicted octanol–water partition coefficient (Wildman–Crippen LogP) is 5.24. The van der Waals surface area contributed by atoms with Crippen LogP contribution in [0.5, 0.6) is 5.75 Å². The summed E-state index contributed by atoms with van der Waals surface area (Å²) in [6, 6.07) is 15.9. The van der Waals surface area contributed by atoms with Crippen LogP contribution in [0.3, 0.4) is 0 Å². The summed E-state index contributed by atoms with van der Waals surface area (Å²) in [6.07, 6.45) is 0. The minimum atomic E-state index is -0.308. The van der Waals surface area contributed by atoms with Gasteiger partial charge in [0.05, 0.1) is 27.5 Å². The molecule has 0 spiro atoms. The number of azo groups is 1. The standard InChI is InChI=1S/C20H11ClN2O3/c21-15-9-10-16(23-22-11-5-7-12(24)8-6-11)18-17(15)19(25)13-3-1-2-4-14(13)20(18)26/h1-10,24H. The van der Waals surface area contributed by atoms with Crippen LogP contribution in [0.15, 0.2) is 70.9 Å². The first kappa shape index (κ1) is 16.2. The van der Waals surface area contributed by atoms with Crippen LogP contribution in [-0.4, -0.2) is 16.7 Å². The van der Waals surface area contributed by atoms with Crippen molar-refractivity contribution in [3.63, 3.8) is 0 Å². The molecule has 0 fully saturated rings. The van der Waals surface area contributed by atoms with Gasteiger partial charge in [0, 0.05) is 11.1 Å². The van der Waals surface area contributed by atoms with E-state index < -0.39 is 0 Å².